The highest BCUT2D eigenvalue weighted by Crippen LogP contribution is 2.37. The summed E-state index contributed by atoms with van der Waals surface area (Å²) in [6, 6.07) is 7.16. The molecule has 2 aliphatic heterocycles. The van der Waals surface area contributed by atoms with Gasteiger partial charge in [0.2, 0.25) is 47.3 Å². The van der Waals surface area contributed by atoms with Crippen LogP contribution in [0.15, 0.2) is 60.8 Å². The molecule has 1 aromatic heterocycles. The van der Waals surface area contributed by atoms with Crippen LogP contribution in [-0.2, 0) is 69.7 Å². The molecule has 30 heteroatoms. The van der Waals surface area contributed by atoms with E-state index in [-0.39, 0.29) is 60.6 Å². The Morgan fingerprint density at radius 2 is 1.21 bits per heavy atom. The van der Waals surface area contributed by atoms with Crippen molar-refractivity contribution >= 4 is 130 Å². The maximum atomic E-state index is 15.0. The van der Waals surface area contributed by atoms with Gasteiger partial charge >= 0.3 is 5.97 Å². The van der Waals surface area contributed by atoms with Gasteiger partial charge in [-0.15, -0.1) is 0 Å². The highest BCUT2D eigenvalue weighted by atomic mass is 33.1. The number of unbranched alkanes of at least 4 members (excludes halogenated alkanes) is 2. The van der Waals surface area contributed by atoms with Crippen molar-refractivity contribution in [1.29, 1.82) is 0 Å². The van der Waals surface area contributed by atoms with Crippen LogP contribution in [0, 0.1) is 0 Å². The lowest BCUT2D eigenvalue weighted by Crippen LogP contribution is -2.59. The molecule has 0 saturated carbocycles. The van der Waals surface area contributed by atoms with E-state index in [9.17, 15) is 47.9 Å². The first kappa shape index (κ1) is 78.7. The highest BCUT2D eigenvalue weighted by molar-refractivity contribution is 8.77. The van der Waals surface area contributed by atoms with E-state index in [1.165, 1.54) is 42.2 Å². The molecule has 2 fully saturated rings. The number of carbonyl (C=O) groups excluding carboxylic acids is 11. The Morgan fingerprint density at radius 3 is 1.84 bits per heavy atom. The van der Waals surface area contributed by atoms with E-state index in [4.69, 9.17) is 21.9 Å². The summed E-state index contributed by atoms with van der Waals surface area (Å²) in [6.45, 7) is 12.0. The molecule has 5 rings (SSSR count). The molecule has 94 heavy (non-hydrogen) atoms. The van der Waals surface area contributed by atoms with Crippen molar-refractivity contribution in [2.45, 2.75) is 182 Å². The van der Waals surface area contributed by atoms with Gasteiger partial charge in [0.1, 0.15) is 42.3 Å². The Kier molecular flexibility index (Phi) is 32.9. The summed E-state index contributed by atoms with van der Waals surface area (Å²) >= 11 is 0.962. The number of H-pyrrole nitrogens is 1. The number of benzene rings is 2. The fraction of sp³-hybridized carbons (Fsp3) is 0.609. The van der Waals surface area contributed by atoms with Gasteiger partial charge in [0.05, 0.1) is 12.6 Å². The maximum absolute atomic E-state index is 15.0. The normalized spacial score (nSPS) is 16.9. The predicted molar refractivity (Wildman–Crippen MR) is 375 cm³/mol. The Balaban J connectivity index is 1.32. The molecule has 9 amide bonds. The van der Waals surface area contributed by atoms with Crippen LogP contribution in [0.1, 0.15) is 123 Å². The first-order chi connectivity index (χ1) is 44.5. The van der Waals surface area contributed by atoms with Crippen molar-refractivity contribution in [1.82, 2.24) is 51.6 Å². The maximum Gasteiger partial charge on any atom is 0.329 e. The molecule has 2 aromatic carbocycles. The molecule has 0 bridgehead atoms. The number of carbonyl (C=O) groups is 11. The van der Waals surface area contributed by atoms with Gasteiger partial charge < -0.3 is 73.5 Å². The number of thioether (sulfide) groups is 1. The number of rotatable bonds is 38. The van der Waals surface area contributed by atoms with Crippen molar-refractivity contribution in [3.05, 3.63) is 71.9 Å². The van der Waals surface area contributed by atoms with E-state index in [0.29, 0.717) is 68.6 Å². The Hall–Kier alpha value is -6.02. The summed E-state index contributed by atoms with van der Waals surface area (Å²) < 4.78 is 5.23. The quantitative estimate of drug-likeness (QED) is 0.0222. The average Bonchev–Trinajstić information content (AvgIpc) is 1.13. The summed E-state index contributed by atoms with van der Waals surface area (Å²) in [4.78, 5) is 161. The van der Waals surface area contributed by atoms with Crippen molar-refractivity contribution in [3.8, 4) is 0 Å². The molecule has 0 radical (unpaired) electrons. The minimum atomic E-state index is -1.42. The Bertz CT molecular complexity index is 3040. The minimum Gasteiger partial charge on any atom is -0.454 e. The first-order valence-electron chi connectivity index (χ1n) is 31.8. The number of amides is 9. The van der Waals surface area contributed by atoms with Gasteiger partial charge in [-0.2, -0.15) is 0 Å². The van der Waals surface area contributed by atoms with Crippen LogP contribution < -0.4 is 49.1 Å². The zero-order valence-corrected chi connectivity index (χ0v) is 59.3. The number of likely N-dealkylation sites (tertiary alicyclic amines) is 2. The number of nitrogens with zero attached hydrogens (tertiary/aromatic N) is 3. The smallest absolute Gasteiger partial charge is 0.329 e. The van der Waals surface area contributed by atoms with Gasteiger partial charge in [0.15, 0.2) is 11.7 Å². The van der Waals surface area contributed by atoms with Crippen LogP contribution in [0.2, 0.25) is 0 Å². The molecule has 3 heterocycles. The largest absolute Gasteiger partial charge is 0.454 e. The summed E-state index contributed by atoms with van der Waals surface area (Å²) in [5.74, 6) is -6.58. The molecule has 3 aromatic rings. The van der Waals surface area contributed by atoms with E-state index in [2.05, 4.69) is 36.9 Å². The fourth-order valence-corrected chi connectivity index (χ4v) is 16.0. The van der Waals surface area contributed by atoms with Crippen molar-refractivity contribution in [2.75, 3.05) is 64.9 Å². The average molecular weight is 1400 g/mol. The zero-order chi connectivity index (χ0) is 69.1. The third-order valence-electron chi connectivity index (χ3n) is 15.1. The third kappa shape index (κ3) is 27.2. The number of para-hydroxylation sites is 1. The lowest BCUT2D eigenvalue weighted by Gasteiger charge is -2.30. The number of hydrogen-bond acceptors (Lipinski definition) is 20. The number of nitrogens with two attached hydrogens (primary N) is 3. The van der Waals surface area contributed by atoms with Gasteiger partial charge in [-0.1, -0.05) is 145 Å². The Labute approximate surface area is 572 Å². The number of aromatic amines is 1. The van der Waals surface area contributed by atoms with Crippen LogP contribution in [0.5, 0.6) is 0 Å². The second kappa shape index (κ2) is 39.3. The minimum absolute atomic E-state index is 0.0273. The lowest BCUT2D eigenvalue weighted by molar-refractivity contribution is -0.156. The number of fused-ring (bicyclic) bond motifs is 1. The van der Waals surface area contributed by atoms with Crippen molar-refractivity contribution < 1.29 is 57.5 Å². The van der Waals surface area contributed by atoms with Gasteiger partial charge in [-0.25, -0.2) is 4.79 Å². The number of aromatic nitrogens is 1. The molecule has 1 unspecified atom stereocenters. The molecular weight excluding hydrogens is 1300 g/mol. The number of ether oxygens (including phenoxy) is 1. The summed E-state index contributed by atoms with van der Waals surface area (Å²) in [6.07, 6.45) is 4.81. The molecule has 2 aliphatic rings. The SMILES string of the molecule is CN(C)CCCC[C@H](NC(=O)CNC(=O)[C@@H](N)CSSC(C)(C)C)C(=O)N[C@@H](Cc1c[nH]c2ccccc12)C(=O)N[C@@H](CSSC(C)(C)C)C(=O)N1CCC[C@H]1C(=O)OCC(=O)NC(CCCCN)C(=O)N[C@@H](CC(=O)SCc1ccccc1)C(=O)N1CCC[C@H]1C(N)=O. The molecule has 2 saturated heterocycles. The van der Waals surface area contributed by atoms with E-state index >= 15 is 4.79 Å². The monoisotopic (exact) mass is 1400 g/mol. The van der Waals surface area contributed by atoms with Crippen LogP contribution in [0.3, 0.4) is 0 Å². The summed E-state index contributed by atoms with van der Waals surface area (Å²) in [7, 11) is 9.67. The molecule has 8 atom stereocenters. The lowest BCUT2D eigenvalue weighted by atomic mass is 10.0. The summed E-state index contributed by atoms with van der Waals surface area (Å²) in [5.41, 5.74) is 19.9. The van der Waals surface area contributed by atoms with Crippen molar-refractivity contribution in [2.24, 2.45) is 17.2 Å². The van der Waals surface area contributed by atoms with Crippen molar-refractivity contribution in [3.63, 3.8) is 0 Å². The second-order valence-electron chi connectivity index (χ2n) is 25.6. The molecule has 0 aliphatic carbocycles. The van der Waals surface area contributed by atoms with Gasteiger partial charge in [0.25, 0.3) is 5.91 Å². The summed E-state index contributed by atoms with van der Waals surface area (Å²) in [5, 5.41) is 16.8. The Morgan fingerprint density at radius 1 is 0.660 bits per heavy atom. The second-order valence-corrected chi connectivity index (χ2v) is 33.0. The topological polar surface area (TPSA) is 373 Å². The van der Waals surface area contributed by atoms with E-state index in [0.717, 1.165) is 28.2 Å². The van der Waals surface area contributed by atoms with Crippen LogP contribution in [0.25, 0.3) is 10.9 Å². The molecule has 25 nitrogen and oxygen atoms in total. The van der Waals surface area contributed by atoms with Crippen LogP contribution in [0.4, 0.5) is 0 Å². The first-order valence-corrected chi connectivity index (χ1v) is 37.5. The zero-order valence-electron chi connectivity index (χ0n) is 55.3. The molecule has 0 spiro atoms. The van der Waals surface area contributed by atoms with E-state index in [1.54, 1.807) is 17.0 Å². The number of primary amides is 1. The van der Waals surface area contributed by atoms with E-state index in [1.807, 2.05) is 115 Å². The molecular formula is C64H97N13O12S5. The number of esters is 1. The number of hydrogen-bond donors (Lipinski definition) is 10. The molecule has 13 N–H and O–H groups in total. The standard InChI is InChI=1S/C64H97N13O12S5/c1-63(2,3)93-91-38-43(66)56(82)69-35-52(78)70-45(25-15-17-29-75(7)8)57(83)72-47(32-41-34-68-44-23-13-12-22-42(41)44)59(85)74-49(39-92-94-64(4,5)6)61(87)77-31-19-27-51(77)62(88)89-36-53(79)71-46(24-14-16-28-65)58(84)73-48(60(86)76-30-18-26-50(76)55(67)81)33-54(80)90-37-40-20-10-9-11-21-40/h9-13,20-23,34,43,45-51,68H,14-19,24-33,35-39,65-66H2,1-8H3,(H2,67,81)(H,69,82)(H,70,78)(H,71,79)(H,72,83)(H,73,84)(H,74,85)/t43-,45-,46?,47-,48-,49-,50-,51-/m0/s1. The highest BCUT2D eigenvalue weighted by Gasteiger charge is 2.42. The van der Waals surface area contributed by atoms with Gasteiger partial charge in [-0.3, -0.25) is 47.9 Å². The van der Waals surface area contributed by atoms with Crippen LogP contribution >= 0.6 is 54.9 Å². The molecule has 520 valence electrons. The predicted octanol–water partition coefficient (Wildman–Crippen LogP) is 3.66. The van der Waals surface area contributed by atoms with Gasteiger partial charge in [-0.05, 0) is 109 Å². The number of nitrogens with one attached hydrogen (secondary N) is 7. The van der Waals surface area contributed by atoms with Crippen LogP contribution in [-0.4, -0.2) is 207 Å². The van der Waals surface area contributed by atoms with Gasteiger partial charge in [0, 0.05) is 69.8 Å². The fourth-order valence-electron chi connectivity index (χ4n) is 10.3. The van der Waals surface area contributed by atoms with E-state index < -0.39 is 132 Å². The third-order valence-corrected chi connectivity index (χ3v) is 22.7.